The van der Waals surface area contributed by atoms with Gasteiger partial charge >= 0.3 is 0 Å². The summed E-state index contributed by atoms with van der Waals surface area (Å²) in [6.45, 7) is 0. The summed E-state index contributed by atoms with van der Waals surface area (Å²) in [5.74, 6) is 0. The Morgan fingerprint density at radius 2 is 2.08 bits per heavy atom. The van der Waals surface area contributed by atoms with E-state index in [1.165, 1.54) is 9.79 Å². The molecule has 69 valence electrons. The molecule has 1 aromatic rings. The third kappa shape index (κ3) is 2.78. The smallest absolute Gasteiger partial charge is 0.203 e. The maximum Gasteiger partial charge on any atom is 0.203 e. The minimum absolute atomic E-state index is 0.393. The van der Waals surface area contributed by atoms with Gasteiger partial charge in [-0.15, -0.1) is 23.5 Å². The van der Waals surface area contributed by atoms with Gasteiger partial charge in [0.15, 0.2) is 0 Å². The summed E-state index contributed by atoms with van der Waals surface area (Å²) in [6.07, 6.45) is 6.38. The molecule has 13 heavy (non-hydrogen) atoms. The lowest BCUT2D eigenvalue weighted by molar-refractivity contribution is 0.555. The fourth-order valence-electron chi connectivity index (χ4n) is 1.10. The third-order valence-corrected chi connectivity index (χ3v) is 3.31. The van der Waals surface area contributed by atoms with E-state index in [4.69, 9.17) is 0 Å². The van der Waals surface area contributed by atoms with E-state index in [-0.39, 0.29) is 0 Å². The van der Waals surface area contributed by atoms with Crippen molar-refractivity contribution in [3.05, 3.63) is 23.8 Å². The van der Waals surface area contributed by atoms with Crippen LogP contribution in [0.4, 0.5) is 0 Å². The summed E-state index contributed by atoms with van der Waals surface area (Å²) in [5.41, 5.74) is 1.08. The van der Waals surface area contributed by atoms with Crippen LogP contribution in [-0.4, -0.2) is 18.8 Å². The molecule has 0 aliphatic heterocycles. The largest absolute Gasteiger partial charge is 0.291 e. The zero-order valence-corrected chi connectivity index (χ0v) is 9.30. The zero-order valence-electron chi connectivity index (χ0n) is 7.66. The van der Waals surface area contributed by atoms with Gasteiger partial charge in [-0.05, 0) is 36.3 Å². The number of benzene rings is 1. The molecular formula is C10H11OS2. The van der Waals surface area contributed by atoms with Crippen molar-refractivity contribution in [3.63, 3.8) is 0 Å². The highest BCUT2D eigenvalue weighted by atomic mass is 32.2. The van der Waals surface area contributed by atoms with Crippen molar-refractivity contribution in [2.75, 3.05) is 12.5 Å². The van der Waals surface area contributed by atoms with E-state index >= 15 is 0 Å². The van der Waals surface area contributed by atoms with E-state index < -0.39 is 0 Å². The molecule has 1 nitrogen and oxygen atoms in total. The van der Waals surface area contributed by atoms with Gasteiger partial charge in [0.25, 0.3) is 0 Å². The Bertz CT molecular complexity index is 297. The fraction of sp³-hybridized carbons (Fsp3) is 0.300. The second-order valence-corrected chi connectivity index (χ2v) is 4.23. The Morgan fingerprint density at radius 3 is 2.62 bits per heavy atom. The van der Waals surface area contributed by atoms with Crippen LogP contribution < -0.4 is 0 Å². The van der Waals surface area contributed by atoms with Crippen molar-refractivity contribution in [2.45, 2.75) is 16.2 Å². The highest BCUT2D eigenvalue weighted by Crippen LogP contribution is 2.25. The molecule has 0 saturated heterocycles. The summed E-state index contributed by atoms with van der Waals surface area (Å²) >= 11 is 3.36. The van der Waals surface area contributed by atoms with Gasteiger partial charge in [-0.3, -0.25) is 4.79 Å². The molecule has 3 heteroatoms. The molecule has 0 unspecified atom stereocenters. The molecule has 0 saturated carbocycles. The van der Waals surface area contributed by atoms with Crippen LogP contribution in [0, 0.1) is 0 Å². The zero-order chi connectivity index (χ0) is 9.68. The van der Waals surface area contributed by atoms with E-state index in [1.807, 2.05) is 18.8 Å². The molecule has 0 aromatic heterocycles. The van der Waals surface area contributed by atoms with Crippen LogP contribution in [0.25, 0.3) is 0 Å². The van der Waals surface area contributed by atoms with Gasteiger partial charge in [0.2, 0.25) is 6.29 Å². The van der Waals surface area contributed by atoms with E-state index in [2.05, 4.69) is 18.2 Å². The Balaban J connectivity index is 3.01. The van der Waals surface area contributed by atoms with E-state index in [0.29, 0.717) is 6.42 Å². The quantitative estimate of drug-likeness (QED) is 0.713. The number of hydrogen-bond acceptors (Lipinski definition) is 3. The van der Waals surface area contributed by atoms with Crippen LogP contribution in [0.2, 0.25) is 0 Å². The van der Waals surface area contributed by atoms with Crippen molar-refractivity contribution in [1.82, 2.24) is 0 Å². The molecule has 0 spiro atoms. The van der Waals surface area contributed by atoms with Crippen molar-refractivity contribution >= 4 is 29.8 Å². The topological polar surface area (TPSA) is 17.1 Å². The third-order valence-electron chi connectivity index (χ3n) is 1.75. The molecule has 0 bridgehead atoms. The molecule has 1 rings (SSSR count). The lowest BCUT2D eigenvalue weighted by Crippen LogP contribution is -1.89. The minimum Gasteiger partial charge on any atom is -0.291 e. The summed E-state index contributed by atoms with van der Waals surface area (Å²) in [4.78, 5) is 12.7. The molecule has 0 N–H and O–H groups in total. The van der Waals surface area contributed by atoms with Gasteiger partial charge < -0.3 is 0 Å². The van der Waals surface area contributed by atoms with Gasteiger partial charge in [-0.25, -0.2) is 0 Å². The van der Waals surface area contributed by atoms with Crippen LogP contribution in [0.5, 0.6) is 0 Å². The molecule has 0 fully saturated rings. The maximum absolute atomic E-state index is 10.3. The van der Waals surface area contributed by atoms with Crippen LogP contribution in [0.3, 0.4) is 0 Å². The van der Waals surface area contributed by atoms with E-state index in [1.54, 1.807) is 23.5 Å². The first-order valence-electron chi connectivity index (χ1n) is 3.87. The second kappa shape index (κ2) is 5.35. The van der Waals surface area contributed by atoms with Gasteiger partial charge in [-0.1, -0.05) is 0 Å². The molecule has 1 radical (unpaired) electrons. The predicted molar refractivity (Wildman–Crippen MR) is 59.4 cm³/mol. The first kappa shape index (κ1) is 10.7. The minimum atomic E-state index is 0.393. The second-order valence-electron chi connectivity index (χ2n) is 2.50. The Labute approximate surface area is 87.3 Å². The average Bonchev–Trinajstić information content (AvgIpc) is 2.18. The summed E-state index contributed by atoms with van der Waals surface area (Å²) in [7, 11) is 0. The number of thioether (sulfide) groups is 2. The summed E-state index contributed by atoms with van der Waals surface area (Å²) < 4.78 is 0. The van der Waals surface area contributed by atoms with Crippen LogP contribution >= 0.6 is 23.5 Å². The average molecular weight is 211 g/mol. The van der Waals surface area contributed by atoms with E-state index in [9.17, 15) is 4.79 Å². The molecule has 0 atom stereocenters. The van der Waals surface area contributed by atoms with Crippen molar-refractivity contribution in [2.24, 2.45) is 0 Å². The van der Waals surface area contributed by atoms with Crippen molar-refractivity contribution in [1.29, 1.82) is 0 Å². The Morgan fingerprint density at radius 1 is 1.31 bits per heavy atom. The fourth-order valence-corrected chi connectivity index (χ4v) is 2.16. The molecule has 0 aliphatic carbocycles. The predicted octanol–water partition coefficient (Wildman–Crippen LogP) is 2.78. The Hall–Kier alpha value is -0.410. The molecule has 0 aliphatic rings. The van der Waals surface area contributed by atoms with Gasteiger partial charge in [-0.2, -0.15) is 0 Å². The molecule has 0 heterocycles. The first-order valence-corrected chi connectivity index (χ1v) is 6.32. The highest BCUT2D eigenvalue weighted by molar-refractivity contribution is 7.99. The Kier molecular flexibility index (Phi) is 4.39. The number of rotatable bonds is 4. The highest BCUT2D eigenvalue weighted by Gasteiger charge is 2.02. The van der Waals surface area contributed by atoms with E-state index in [0.717, 1.165) is 5.56 Å². The van der Waals surface area contributed by atoms with Gasteiger partial charge in [0.1, 0.15) is 0 Å². The normalized spacial score (nSPS) is 10.0. The first-order chi connectivity index (χ1) is 6.31. The molecular weight excluding hydrogens is 200 g/mol. The van der Waals surface area contributed by atoms with Gasteiger partial charge in [0, 0.05) is 16.2 Å². The number of hydrogen-bond donors (Lipinski definition) is 0. The van der Waals surface area contributed by atoms with Crippen molar-refractivity contribution < 1.29 is 4.79 Å². The molecule has 1 aromatic carbocycles. The van der Waals surface area contributed by atoms with Gasteiger partial charge in [0.05, 0.1) is 0 Å². The summed E-state index contributed by atoms with van der Waals surface area (Å²) in [6, 6.07) is 6.19. The van der Waals surface area contributed by atoms with Crippen LogP contribution in [-0.2, 0) is 11.2 Å². The maximum atomic E-state index is 10.3. The standard InChI is InChI=1S/C10H11OS2/c1-12-9-3-4-10(13-2)8(7-9)5-6-11/h3-4,7H,5H2,1-2H3. The monoisotopic (exact) mass is 211 g/mol. The lowest BCUT2D eigenvalue weighted by atomic mass is 10.2. The van der Waals surface area contributed by atoms with Crippen LogP contribution in [0.15, 0.2) is 28.0 Å². The summed E-state index contributed by atoms with van der Waals surface area (Å²) in [5, 5.41) is 0. The SMILES string of the molecule is CSc1ccc(SC)c(C[C]=O)c1. The van der Waals surface area contributed by atoms with Crippen molar-refractivity contribution in [3.8, 4) is 0 Å². The van der Waals surface area contributed by atoms with Crippen LogP contribution in [0.1, 0.15) is 5.56 Å². The number of carbonyl (C=O) groups excluding carboxylic acids is 1. The molecule has 0 amide bonds. The lowest BCUT2D eigenvalue weighted by Gasteiger charge is -2.05.